The first-order valence-corrected chi connectivity index (χ1v) is 11.6. The van der Waals surface area contributed by atoms with E-state index in [0.29, 0.717) is 42.6 Å². The van der Waals surface area contributed by atoms with Gasteiger partial charge in [0.1, 0.15) is 0 Å². The zero-order valence-corrected chi connectivity index (χ0v) is 20.1. The second-order valence-corrected chi connectivity index (χ2v) is 9.61. The fourth-order valence-electron chi connectivity index (χ4n) is 5.57. The molecule has 1 fully saturated rings. The lowest BCUT2D eigenvalue weighted by Gasteiger charge is -2.56. The predicted molar refractivity (Wildman–Crippen MR) is 128 cm³/mol. The molecule has 1 unspecified atom stereocenters. The number of carbonyl (C=O) groups excluding carboxylic acids is 3. The number of piperidine rings is 1. The molecule has 4 rings (SSSR count). The van der Waals surface area contributed by atoms with Crippen molar-refractivity contribution in [3.8, 4) is 6.07 Å². The molecule has 0 saturated carbocycles. The van der Waals surface area contributed by atoms with E-state index in [9.17, 15) is 14.4 Å². The number of rotatable bonds is 3. The molecule has 2 heterocycles. The highest BCUT2D eigenvalue weighted by molar-refractivity contribution is 6.02. The molecule has 2 aromatic rings. The zero-order chi connectivity index (χ0) is 24.6. The Bertz CT molecular complexity index is 1160. The Morgan fingerprint density at radius 1 is 1.06 bits per heavy atom. The van der Waals surface area contributed by atoms with E-state index in [0.717, 1.165) is 5.56 Å². The fourth-order valence-corrected chi connectivity index (χ4v) is 5.57. The highest BCUT2D eigenvalue weighted by Gasteiger charge is 2.56. The summed E-state index contributed by atoms with van der Waals surface area (Å²) in [6.45, 7) is 4.85. The van der Waals surface area contributed by atoms with Crippen molar-refractivity contribution < 1.29 is 14.4 Å². The Morgan fingerprint density at radius 3 is 2.24 bits per heavy atom. The van der Waals surface area contributed by atoms with Gasteiger partial charge in [0.05, 0.1) is 23.1 Å². The van der Waals surface area contributed by atoms with Crippen LogP contribution in [-0.4, -0.2) is 71.2 Å². The molecular formula is C27H30N4O3. The van der Waals surface area contributed by atoms with Crippen LogP contribution in [0.5, 0.6) is 0 Å². The number of amides is 3. The molecule has 0 aromatic heterocycles. The van der Waals surface area contributed by atoms with Gasteiger partial charge in [0.25, 0.3) is 11.8 Å². The van der Waals surface area contributed by atoms with Gasteiger partial charge in [-0.15, -0.1) is 0 Å². The summed E-state index contributed by atoms with van der Waals surface area (Å²) in [5, 5.41) is 9.02. The molecule has 34 heavy (non-hydrogen) atoms. The van der Waals surface area contributed by atoms with E-state index in [4.69, 9.17) is 5.26 Å². The summed E-state index contributed by atoms with van der Waals surface area (Å²) in [6, 6.07) is 16.0. The van der Waals surface area contributed by atoms with Crippen molar-refractivity contribution in [2.24, 2.45) is 0 Å². The molecule has 1 spiro atoms. The van der Waals surface area contributed by atoms with Crippen molar-refractivity contribution in [3.05, 3.63) is 70.8 Å². The van der Waals surface area contributed by atoms with Crippen LogP contribution in [0.1, 0.15) is 64.4 Å². The molecule has 1 atom stereocenters. The Kier molecular flexibility index (Phi) is 6.18. The highest BCUT2D eigenvalue weighted by atomic mass is 16.2. The fraction of sp³-hybridized carbons (Fsp3) is 0.407. The third-order valence-electron chi connectivity index (χ3n) is 7.12. The topological polar surface area (TPSA) is 84.7 Å². The number of nitriles is 1. The normalized spacial score (nSPS) is 19.1. The molecule has 0 radical (unpaired) electrons. The minimum atomic E-state index is -0.706. The van der Waals surface area contributed by atoms with Crippen molar-refractivity contribution in [3.63, 3.8) is 0 Å². The minimum Gasteiger partial charge on any atom is -0.348 e. The largest absolute Gasteiger partial charge is 0.348 e. The molecule has 0 bridgehead atoms. The molecule has 0 N–H and O–H groups in total. The van der Waals surface area contributed by atoms with E-state index in [1.807, 2.05) is 36.9 Å². The summed E-state index contributed by atoms with van der Waals surface area (Å²) >= 11 is 0. The average Bonchev–Trinajstić information content (AvgIpc) is 2.84. The summed E-state index contributed by atoms with van der Waals surface area (Å²) in [5.41, 5.74) is 1.68. The van der Waals surface area contributed by atoms with Gasteiger partial charge in [0.15, 0.2) is 0 Å². The van der Waals surface area contributed by atoms with E-state index in [1.54, 1.807) is 54.2 Å². The first-order chi connectivity index (χ1) is 16.2. The van der Waals surface area contributed by atoms with Crippen molar-refractivity contribution in [1.82, 2.24) is 14.7 Å². The highest BCUT2D eigenvalue weighted by Crippen LogP contribution is 2.48. The second-order valence-electron chi connectivity index (χ2n) is 9.61. The molecule has 2 aliphatic rings. The number of carbonyl (C=O) groups is 3. The van der Waals surface area contributed by atoms with Gasteiger partial charge in [-0.1, -0.05) is 18.2 Å². The van der Waals surface area contributed by atoms with Crippen LogP contribution in [0.25, 0.3) is 0 Å². The van der Waals surface area contributed by atoms with E-state index >= 15 is 0 Å². The molecular weight excluding hydrogens is 428 g/mol. The SMILES string of the molecule is CC(C)N1C(=O)c2ccccc2C(C(=O)N(C)C)C12CCN(C(=O)c1ccc(C#N)cc1)CC2. The molecule has 2 aromatic carbocycles. The summed E-state index contributed by atoms with van der Waals surface area (Å²) in [7, 11) is 3.50. The van der Waals surface area contributed by atoms with Crippen molar-refractivity contribution in [2.45, 2.75) is 44.2 Å². The Balaban J connectivity index is 1.71. The molecule has 176 valence electrons. The summed E-state index contributed by atoms with van der Waals surface area (Å²) in [4.78, 5) is 45.7. The predicted octanol–water partition coefficient (Wildman–Crippen LogP) is 3.27. The van der Waals surface area contributed by atoms with E-state index < -0.39 is 11.5 Å². The van der Waals surface area contributed by atoms with Crippen molar-refractivity contribution >= 4 is 17.7 Å². The quantitative estimate of drug-likeness (QED) is 0.707. The van der Waals surface area contributed by atoms with Gasteiger partial charge in [-0.05, 0) is 62.6 Å². The first kappa shape index (κ1) is 23.5. The van der Waals surface area contributed by atoms with Crippen LogP contribution in [0.2, 0.25) is 0 Å². The van der Waals surface area contributed by atoms with Crippen molar-refractivity contribution in [1.29, 1.82) is 5.26 Å². The third kappa shape index (κ3) is 3.73. The van der Waals surface area contributed by atoms with Gasteiger partial charge in [-0.2, -0.15) is 5.26 Å². The van der Waals surface area contributed by atoms with Gasteiger partial charge in [0, 0.05) is 44.4 Å². The third-order valence-corrected chi connectivity index (χ3v) is 7.12. The lowest BCUT2D eigenvalue weighted by Crippen LogP contribution is -2.67. The second kappa shape index (κ2) is 8.94. The maximum Gasteiger partial charge on any atom is 0.254 e. The number of fused-ring (bicyclic) bond motifs is 1. The number of likely N-dealkylation sites (tertiary alicyclic amines) is 1. The van der Waals surface area contributed by atoms with Gasteiger partial charge < -0.3 is 14.7 Å². The minimum absolute atomic E-state index is 0.0301. The average molecular weight is 459 g/mol. The van der Waals surface area contributed by atoms with E-state index in [-0.39, 0.29) is 23.8 Å². The number of nitrogens with zero attached hydrogens (tertiary/aromatic N) is 4. The maximum atomic E-state index is 13.7. The van der Waals surface area contributed by atoms with Crippen LogP contribution in [0, 0.1) is 11.3 Å². The molecule has 0 aliphatic carbocycles. The monoisotopic (exact) mass is 458 g/mol. The van der Waals surface area contributed by atoms with Crippen LogP contribution in [0.15, 0.2) is 48.5 Å². The van der Waals surface area contributed by atoms with Gasteiger partial charge in [-0.25, -0.2) is 0 Å². The summed E-state index contributed by atoms with van der Waals surface area (Å²) in [5.74, 6) is -0.683. The zero-order valence-electron chi connectivity index (χ0n) is 20.1. The molecule has 3 amide bonds. The van der Waals surface area contributed by atoms with Crippen LogP contribution in [0.3, 0.4) is 0 Å². The molecule has 7 heteroatoms. The smallest absolute Gasteiger partial charge is 0.254 e. The van der Waals surface area contributed by atoms with Gasteiger partial charge in [0.2, 0.25) is 5.91 Å². The molecule has 7 nitrogen and oxygen atoms in total. The molecule has 1 saturated heterocycles. The number of benzene rings is 2. The van der Waals surface area contributed by atoms with E-state index in [1.165, 1.54) is 0 Å². The van der Waals surface area contributed by atoms with Crippen LogP contribution in [-0.2, 0) is 4.79 Å². The van der Waals surface area contributed by atoms with E-state index in [2.05, 4.69) is 6.07 Å². The van der Waals surface area contributed by atoms with Crippen LogP contribution < -0.4 is 0 Å². The Hall–Kier alpha value is -3.66. The number of hydrogen-bond donors (Lipinski definition) is 0. The number of hydrogen-bond acceptors (Lipinski definition) is 4. The standard InChI is InChI=1S/C27H30N4O3/c1-18(2)31-25(33)22-8-6-5-7-21(22)23(26(34)29(3)4)27(31)13-15-30(16-14-27)24(32)20-11-9-19(17-28)10-12-20/h5-12,18,23H,13-16H2,1-4H3. The van der Waals surface area contributed by atoms with Crippen molar-refractivity contribution in [2.75, 3.05) is 27.2 Å². The van der Waals surface area contributed by atoms with Crippen LogP contribution in [0.4, 0.5) is 0 Å². The Morgan fingerprint density at radius 2 is 1.68 bits per heavy atom. The van der Waals surface area contributed by atoms with Gasteiger partial charge >= 0.3 is 0 Å². The maximum absolute atomic E-state index is 13.7. The summed E-state index contributed by atoms with van der Waals surface area (Å²) < 4.78 is 0. The number of likely N-dealkylation sites (N-methyl/N-ethyl adjacent to an activating group) is 1. The first-order valence-electron chi connectivity index (χ1n) is 11.6. The Labute approximate surface area is 200 Å². The summed E-state index contributed by atoms with van der Waals surface area (Å²) in [6.07, 6.45) is 1.02. The van der Waals surface area contributed by atoms with Gasteiger partial charge in [-0.3, -0.25) is 14.4 Å². The lowest BCUT2D eigenvalue weighted by molar-refractivity contribution is -0.136. The molecule has 2 aliphatic heterocycles. The van der Waals surface area contributed by atoms with Crippen LogP contribution >= 0.6 is 0 Å². The lowest BCUT2D eigenvalue weighted by atomic mass is 9.66.